The lowest BCUT2D eigenvalue weighted by Gasteiger charge is -2.61. The largest absolute Gasteiger partial charge is 0.443 e. The van der Waals surface area contributed by atoms with Crippen molar-refractivity contribution in [3.05, 3.63) is 11.8 Å². The number of anilines is 1. The molecule has 1 aromatic heterocycles. The second-order valence-electron chi connectivity index (χ2n) is 9.09. The van der Waals surface area contributed by atoms with E-state index in [9.17, 15) is 9.18 Å². The van der Waals surface area contributed by atoms with Crippen LogP contribution >= 0.6 is 0 Å². The van der Waals surface area contributed by atoms with E-state index in [1.54, 1.807) is 4.68 Å². The van der Waals surface area contributed by atoms with E-state index in [1.807, 2.05) is 26.8 Å². The van der Waals surface area contributed by atoms with Crippen molar-refractivity contribution in [2.24, 2.45) is 5.92 Å². The Balaban J connectivity index is 1.38. The molecule has 7 heteroatoms. The summed E-state index contributed by atoms with van der Waals surface area (Å²) >= 11 is 0. The molecule has 4 saturated carbocycles. The fraction of sp³-hybridized carbons (Fsp3) is 0.778. The smallest absolute Gasteiger partial charge is 0.407 e. The van der Waals surface area contributed by atoms with Crippen molar-refractivity contribution in [2.45, 2.75) is 82.1 Å². The third-order valence-corrected chi connectivity index (χ3v) is 5.90. The highest BCUT2D eigenvalue weighted by molar-refractivity contribution is 5.69. The number of nitrogens with zero attached hydrogens (tertiary/aromatic N) is 2. The van der Waals surface area contributed by atoms with E-state index >= 15 is 0 Å². The summed E-state index contributed by atoms with van der Waals surface area (Å²) in [5.74, 6) is 1.27. The van der Waals surface area contributed by atoms with E-state index in [-0.39, 0.29) is 17.0 Å². The van der Waals surface area contributed by atoms with Crippen LogP contribution in [0.5, 0.6) is 0 Å². The summed E-state index contributed by atoms with van der Waals surface area (Å²) in [4.78, 5) is 12.1. The zero-order valence-electron chi connectivity index (χ0n) is 15.1. The van der Waals surface area contributed by atoms with Gasteiger partial charge < -0.3 is 15.8 Å². The number of ether oxygens (including phenoxy) is 1. The molecule has 0 radical (unpaired) electrons. The Morgan fingerprint density at radius 3 is 2.60 bits per heavy atom. The Morgan fingerprint density at radius 2 is 2.08 bits per heavy atom. The Morgan fingerprint density at radius 1 is 1.40 bits per heavy atom. The first-order valence-corrected chi connectivity index (χ1v) is 9.14. The number of nitrogens with two attached hydrogens (primary N) is 1. The van der Waals surface area contributed by atoms with Gasteiger partial charge in [0.2, 0.25) is 0 Å². The van der Waals surface area contributed by atoms with Crippen molar-refractivity contribution in [1.29, 1.82) is 0 Å². The molecular formula is C18H27FN4O2. The standard InChI is InChI=1S/C18H27FN4O2/c1-17(2,3)23-15(20)6-13(22-23)11-4-12(19)14(5-11)25-16(24)21-18-7-10(8-18)9-18/h6,10-12,14H,4-5,7-9,20H2,1-3H3,(H,21,24)/t10?,11-,12-,14-,18?/m0/s1. The highest BCUT2D eigenvalue weighted by atomic mass is 19.1. The summed E-state index contributed by atoms with van der Waals surface area (Å²) in [6, 6.07) is 1.81. The SMILES string of the molecule is CC(C)(C)n1nc([C@@H]2C[C@H](OC(=O)NC34CC(C3)C4)[C@@H](F)C2)cc1N. The Labute approximate surface area is 147 Å². The van der Waals surface area contributed by atoms with Crippen molar-refractivity contribution < 1.29 is 13.9 Å². The van der Waals surface area contributed by atoms with E-state index in [1.165, 1.54) is 0 Å². The van der Waals surface area contributed by atoms with Gasteiger partial charge in [-0.25, -0.2) is 13.9 Å². The van der Waals surface area contributed by atoms with Crippen molar-refractivity contribution in [3.63, 3.8) is 0 Å². The zero-order valence-corrected chi connectivity index (χ0v) is 15.1. The zero-order chi connectivity index (χ0) is 18.0. The second-order valence-corrected chi connectivity index (χ2v) is 9.09. The van der Waals surface area contributed by atoms with Gasteiger partial charge in [-0.3, -0.25) is 0 Å². The molecule has 0 unspecified atom stereocenters. The summed E-state index contributed by atoms with van der Waals surface area (Å²) in [7, 11) is 0. The minimum atomic E-state index is -1.16. The molecule has 0 spiro atoms. The maximum Gasteiger partial charge on any atom is 0.407 e. The molecule has 3 atom stereocenters. The van der Waals surface area contributed by atoms with Crippen LogP contribution in [0, 0.1) is 5.92 Å². The van der Waals surface area contributed by atoms with Crippen LogP contribution in [0.15, 0.2) is 6.07 Å². The fourth-order valence-corrected chi connectivity index (χ4v) is 4.48. The van der Waals surface area contributed by atoms with E-state index in [0.717, 1.165) is 30.9 Å². The van der Waals surface area contributed by atoms with Gasteiger partial charge in [-0.2, -0.15) is 5.10 Å². The maximum absolute atomic E-state index is 14.4. The molecule has 1 heterocycles. The van der Waals surface area contributed by atoms with Crippen molar-refractivity contribution in [2.75, 3.05) is 5.73 Å². The van der Waals surface area contributed by atoms with Crippen LogP contribution in [0.25, 0.3) is 0 Å². The van der Waals surface area contributed by atoms with Crippen molar-refractivity contribution >= 4 is 11.9 Å². The van der Waals surface area contributed by atoms with E-state index in [2.05, 4.69) is 10.4 Å². The molecule has 4 aliphatic carbocycles. The average molecular weight is 350 g/mol. The second kappa shape index (κ2) is 5.35. The Kier molecular flexibility index (Phi) is 3.57. The molecule has 138 valence electrons. The molecule has 2 bridgehead atoms. The van der Waals surface area contributed by atoms with Crippen molar-refractivity contribution in [3.8, 4) is 0 Å². The van der Waals surface area contributed by atoms with Crippen LogP contribution in [0.2, 0.25) is 0 Å². The van der Waals surface area contributed by atoms with Crippen LogP contribution in [-0.4, -0.2) is 33.7 Å². The molecule has 0 aromatic carbocycles. The van der Waals surface area contributed by atoms with Crippen LogP contribution in [0.1, 0.15) is 64.5 Å². The molecule has 4 aliphatic rings. The summed E-state index contributed by atoms with van der Waals surface area (Å²) in [5, 5.41) is 7.49. The summed E-state index contributed by atoms with van der Waals surface area (Å²) in [6.45, 7) is 6.07. The lowest BCUT2D eigenvalue weighted by atomic mass is 9.50. The summed E-state index contributed by atoms with van der Waals surface area (Å²) in [5.41, 5.74) is 6.55. The number of carbonyl (C=O) groups is 1. The first kappa shape index (κ1) is 16.7. The van der Waals surface area contributed by atoms with Gasteiger partial charge >= 0.3 is 6.09 Å². The van der Waals surface area contributed by atoms with E-state index in [0.29, 0.717) is 18.7 Å². The highest BCUT2D eigenvalue weighted by Gasteiger charge is 2.58. The van der Waals surface area contributed by atoms with Gasteiger partial charge in [0, 0.05) is 17.5 Å². The van der Waals surface area contributed by atoms with Crippen LogP contribution < -0.4 is 11.1 Å². The van der Waals surface area contributed by atoms with Crippen LogP contribution in [0.4, 0.5) is 15.0 Å². The number of hydrogen-bond acceptors (Lipinski definition) is 4. The quantitative estimate of drug-likeness (QED) is 0.878. The lowest BCUT2D eigenvalue weighted by molar-refractivity contribution is -0.0530. The molecule has 6 nitrogen and oxygen atoms in total. The number of rotatable bonds is 3. The number of hydrogen-bond donors (Lipinski definition) is 2. The number of carbonyl (C=O) groups excluding carboxylic acids is 1. The normalized spacial score (nSPS) is 36.5. The van der Waals surface area contributed by atoms with Gasteiger partial charge in [-0.15, -0.1) is 0 Å². The molecule has 0 saturated heterocycles. The van der Waals surface area contributed by atoms with E-state index in [4.69, 9.17) is 10.5 Å². The van der Waals surface area contributed by atoms with Gasteiger partial charge in [-0.05, 0) is 58.8 Å². The monoisotopic (exact) mass is 350 g/mol. The van der Waals surface area contributed by atoms with Crippen LogP contribution in [-0.2, 0) is 10.3 Å². The number of halogens is 1. The highest BCUT2D eigenvalue weighted by Crippen LogP contribution is 2.57. The number of alkyl halides is 1. The molecule has 25 heavy (non-hydrogen) atoms. The average Bonchev–Trinajstić information content (AvgIpc) is 2.96. The minimum Gasteiger partial charge on any atom is -0.443 e. The van der Waals surface area contributed by atoms with Crippen molar-refractivity contribution in [1.82, 2.24) is 15.1 Å². The summed E-state index contributed by atoms with van der Waals surface area (Å²) in [6.07, 6.45) is 1.53. The predicted octanol–water partition coefficient (Wildman–Crippen LogP) is 3.08. The van der Waals surface area contributed by atoms with E-state index < -0.39 is 18.4 Å². The van der Waals surface area contributed by atoms with Crippen LogP contribution in [0.3, 0.4) is 0 Å². The van der Waals surface area contributed by atoms with Gasteiger partial charge in [0.25, 0.3) is 0 Å². The van der Waals surface area contributed by atoms with Gasteiger partial charge in [-0.1, -0.05) is 0 Å². The topological polar surface area (TPSA) is 82.2 Å². The molecule has 5 rings (SSSR count). The molecule has 1 amide bonds. The molecule has 4 fully saturated rings. The lowest BCUT2D eigenvalue weighted by Crippen LogP contribution is -2.68. The first-order valence-electron chi connectivity index (χ1n) is 9.14. The Hall–Kier alpha value is -1.79. The predicted molar refractivity (Wildman–Crippen MR) is 92.0 cm³/mol. The maximum atomic E-state index is 14.4. The van der Waals surface area contributed by atoms with Gasteiger partial charge in [0.15, 0.2) is 0 Å². The van der Waals surface area contributed by atoms with Gasteiger partial charge in [0.05, 0.1) is 11.2 Å². The third-order valence-electron chi connectivity index (χ3n) is 5.90. The number of alkyl carbamates (subject to hydrolysis) is 1. The fourth-order valence-electron chi connectivity index (χ4n) is 4.48. The molecular weight excluding hydrogens is 323 g/mol. The number of nitrogens with one attached hydrogen (secondary N) is 1. The van der Waals surface area contributed by atoms with Gasteiger partial charge in [0.1, 0.15) is 18.1 Å². The number of amides is 1. The molecule has 0 aliphatic heterocycles. The third kappa shape index (κ3) is 2.87. The number of aromatic nitrogens is 2. The Bertz CT molecular complexity index is 679. The summed E-state index contributed by atoms with van der Waals surface area (Å²) < 4.78 is 21.5. The molecule has 3 N–H and O–H groups in total. The first-order chi connectivity index (χ1) is 11.7. The minimum absolute atomic E-state index is 0.0501. The number of nitrogen functional groups attached to an aromatic ring is 1. The molecule has 1 aromatic rings.